The lowest BCUT2D eigenvalue weighted by Gasteiger charge is -2.20. The van der Waals surface area contributed by atoms with Gasteiger partial charge in [-0.3, -0.25) is 0 Å². The van der Waals surface area contributed by atoms with Gasteiger partial charge in [0.1, 0.15) is 5.75 Å². The third-order valence-corrected chi connectivity index (χ3v) is 4.98. The van der Waals surface area contributed by atoms with Crippen molar-refractivity contribution in [3.8, 4) is 5.75 Å². The van der Waals surface area contributed by atoms with Crippen LogP contribution in [-0.2, 0) is 0 Å². The zero-order valence-electron chi connectivity index (χ0n) is 12.0. The van der Waals surface area contributed by atoms with Gasteiger partial charge in [-0.05, 0) is 31.0 Å². The van der Waals surface area contributed by atoms with Crippen molar-refractivity contribution in [1.29, 1.82) is 0 Å². The number of ether oxygens (including phenoxy) is 1. The van der Waals surface area contributed by atoms with Gasteiger partial charge in [-0.2, -0.15) is 0 Å². The highest BCUT2D eigenvalue weighted by Crippen LogP contribution is 2.30. The predicted molar refractivity (Wildman–Crippen MR) is 85.9 cm³/mol. The van der Waals surface area contributed by atoms with Crippen LogP contribution in [0.1, 0.15) is 44.9 Å². The van der Waals surface area contributed by atoms with Gasteiger partial charge in [-0.1, -0.05) is 43.4 Å². The van der Waals surface area contributed by atoms with E-state index in [1.807, 2.05) is 12.1 Å². The largest absolute Gasteiger partial charge is 0.497 e. The van der Waals surface area contributed by atoms with Gasteiger partial charge in [0.05, 0.1) is 17.3 Å². The number of anilines is 1. The van der Waals surface area contributed by atoms with Gasteiger partial charge >= 0.3 is 0 Å². The number of hydrogen-bond donors (Lipinski definition) is 1. The Labute approximate surface area is 124 Å². The Hall–Kier alpha value is -1.29. The fourth-order valence-corrected chi connectivity index (χ4v) is 3.84. The number of rotatable bonds is 3. The minimum atomic E-state index is 0.595. The maximum Gasteiger partial charge on any atom is 0.184 e. The lowest BCUT2D eigenvalue weighted by molar-refractivity contribution is 0.415. The van der Waals surface area contributed by atoms with Crippen molar-refractivity contribution in [2.45, 2.75) is 51.0 Å². The highest BCUT2D eigenvalue weighted by molar-refractivity contribution is 7.22. The molecule has 0 spiro atoms. The highest BCUT2D eigenvalue weighted by Gasteiger charge is 2.13. The van der Waals surface area contributed by atoms with Gasteiger partial charge in [0.25, 0.3) is 0 Å². The molecule has 1 heterocycles. The fourth-order valence-electron chi connectivity index (χ4n) is 2.87. The van der Waals surface area contributed by atoms with E-state index in [1.165, 1.54) is 49.6 Å². The van der Waals surface area contributed by atoms with Crippen LogP contribution in [0.25, 0.3) is 10.2 Å². The van der Waals surface area contributed by atoms with Gasteiger partial charge < -0.3 is 10.1 Å². The molecule has 108 valence electrons. The van der Waals surface area contributed by atoms with Gasteiger partial charge in [-0.15, -0.1) is 0 Å². The molecule has 1 fully saturated rings. The average Bonchev–Trinajstić information content (AvgIpc) is 2.82. The van der Waals surface area contributed by atoms with E-state index < -0.39 is 0 Å². The van der Waals surface area contributed by atoms with E-state index >= 15 is 0 Å². The quantitative estimate of drug-likeness (QED) is 0.879. The van der Waals surface area contributed by atoms with Crippen LogP contribution in [0.2, 0.25) is 0 Å². The van der Waals surface area contributed by atoms with Crippen molar-refractivity contribution in [3.05, 3.63) is 18.2 Å². The monoisotopic (exact) mass is 290 g/mol. The average molecular weight is 290 g/mol. The molecule has 2 aromatic rings. The first kappa shape index (κ1) is 13.7. The Kier molecular flexibility index (Phi) is 4.41. The summed E-state index contributed by atoms with van der Waals surface area (Å²) in [5, 5.41) is 4.70. The lowest BCUT2D eigenvalue weighted by atomic mass is 9.97. The van der Waals surface area contributed by atoms with Crippen molar-refractivity contribution in [2.24, 2.45) is 0 Å². The number of nitrogens with zero attached hydrogens (tertiary/aromatic N) is 1. The van der Waals surface area contributed by atoms with E-state index in [-0.39, 0.29) is 0 Å². The second kappa shape index (κ2) is 6.44. The molecular weight excluding hydrogens is 268 g/mol. The van der Waals surface area contributed by atoms with Crippen LogP contribution < -0.4 is 10.1 Å². The molecule has 0 atom stereocenters. The topological polar surface area (TPSA) is 34.1 Å². The third kappa shape index (κ3) is 3.23. The molecule has 20 heavy (non-hydrogen) atoms. The number of nitrogens with one attached hydrogen (secondary N) is 1. The Morgan fingerprint density at radius 2 is 1.90 bits per heavy atom. The zero-order valence-corrected chi connectivity index (χ0v) is 12.8. The van der Waals surface area contributed by atoms with Crippen LogP contribution in [0.4, 0.5) is 5.13 Å². The molecule has 1 aromatic carbocycles. The Balaban J connectivity index is 1.72. The van der Waals surface area contributed by atoms with Gasteiger partial charge in [0.2, 0.25) is 0 Å². The first-order valence-electron chi connectivity index (χ1n) is 7.56. The van der Waals surface area contributed by atoms with Crippen molar-refractivity contribution in [3.63, 3.8) is 0 Å². The molecule has 0 bridgehead atoms. The summed E-state index contributed by atoms with van der Waals surface area (Å²) in [4.78, 5) is 4.69. The summed E-state index contributed by atoms with van der Waals surface area (Å²) in [6.45, 7) is 0. The standard InChI is InChI=1S/C16H22N2OS/c1-19-13-9-10-14-15(11-13)20-16(18-14)17-12-7-5-3-2-4-6-8-12/h9-12H,2-8H2,1H3,(H,17,18). The number of benzene rings is 1. The summed E-state index contributed by atoms with van der Waals surface area (Å²) in [6.07, 6.45) is 9.42. The van der Waals surface area contributed by atoms with E-state index in [2.05, 4.69) is 16.4 Å². The van der Waals surface area contributed by atoms with Crippen LogP contribution >= 0.6 is 11.3 Å². The number of thiazole rings is 1. The molecule has 0 saturated heterocycles. The van der Waals surface area contributed by atoms with Crippen molar-refractivity contribution >= 4 is 26.7 Å². The normalized spacial score (nSPS) is 17.6. The molecule has 1 saturated carbocycles. The SMILES string of the molecule is COc1ccc2nc(NC3CCCCCCC3)sc2c1. The second-order valence-electron chi connectivity index (χ2n) is 5.54. The first-order valence-corrected chi connectivity index (χ1v) is 8.38. The van der Waals surface area contributed by atoms with Crippen molar-refractivity contribution < 1.29 is 4.74 Å². The Bertz CT molecular complexity index is 559. The second-order valence-corrected chi connectivity index (χ2v) is 6.57. The number of hydrogen-bond acceptors (Lipinski definition) is 4. The molecular formula is C16H22N2OS. The summed E-state index contributed by atoms with van der Waals surface area (Å²) in [7, 11) is 1.70. The summed E-state index contributed by atoms with van der Waals surface area (Å²) in [5.74, 6) is 0.902. The zero-order chi connectivity index (χ0) is 13.8. The summed E-state index contributed by atoms with van der Waals surface area (Å²) in [5.41, 5.74) is 1.06. The summed E-state index contributed by atoms with van der Waals surface area (Å²) in [6, 6.07) is 6.67. The maximum atomic E-state index is 5.27. The van der Waals surface area contributed by atoms with Crippen molar-refractivity contribution in [1.82, 2.24) is 4.98 Å². The third-order valence-electron chi connectivity index (χ3n) is 4.03. The van der Waals surface area contributed by atoms with Crippen LogP contribution in [-0.4, -0.2) is 18.1 Å². The molecule has 0 radical (unpaired) electrons. The van der Waals surface area contributed by atoms with Gasteiger partial charge in [0, 0.05) is 6.04 Å². The van der Waals surface area contributed by atoms with E-state index in [0.717, 1.165) is 16.4 Å². The lowest BCUT2D eigenvalue weighted by Crippen LogP contribution is -2.20. The molecule has 4 heteroatoms. The van der Waals surface area contributed by atoms with Gasteiger partial charge in [-0.25, -0.2) is 4.98 Å². The summed E-state index contributed by atoms with van der Waals surface area (Å²) < 4.78 is 6.46. The molecule has 1 aromatic heterocycles. The molecule has 0 aliphatic heterocycles. The molecule has 0 amide bonds. The van der Waals surface area contributed by atoms with Crippen LogP contribution in [0, 0.1) is 0 Å². The first-order chi connectivity index (χ1) is 9.85. The fraction of sp³-hybridized carbons (Fsp3) is 0.562. The number of methoxy groups -OCH3 is 1. The smallest absolute Gasteiger partial charge is 0.184 e. The summed E-state index contributed by atoms with van der Waals surface area (Å²) >= 11 is 1.73. The highest BCUT2D eigenvalue weighted by atomic mass is 32.1. The van der Waals surface area contributed by atoms with E-state index in [0.29, 0.717) is 6.04 Å². The van der Waals surface area contributed by atoms with Crippen LogP contribution in [0.5, 0.6) is 5.75 Å². The van der Waals surface area contributed by atoms with E-state index in [1.54, 1.807) is 18.4 Å². The minimum Gasteiger partial charge on any atom is -0.497 e. The van der Waals surface area contributed by atoms with E-state index in [4.69, 9.17) is 4.74 Å². The predicted octanol–water partition coefficient (Wildman–Crippen LogP) is 4.83. The maximum absolute atomic E-state index is 5.27. The Morgan fingerprint density at radius 3 is 2.65 bits per heavy atom. The molecule has 3 nitrogen and oxygen atoms in total. The van der Waals surface area contributed by atoms with Crippen molar-refractivity contribution in [2.75, 3.05) is 12.4 Å². The Morgan fingerprint density at radius 1 is 1.15 bits per heavy atom. The van der Waals surface area contributed by atoms with Crippen LogP contribution in [0.15, 0.2) is 18.2 Å². The van der Waals surface area contributed by atoms with E-state index in [9.17, 15) is 0 Å². The molecule has 1 N–H and O–H groups in total. The molecule has 0 unspecified atom stereocenters. The molecule has 1 aliphatic rings. The number of fused-ring (bicyclic) bond motifs is 1. The molecule has 1 aliphatic carbocycles. The van der Waals surface area contributed by atoms with Gasteiger partial charge in [0.15, 0.2) is 5.13 Å². The number of aromatic nitrogens is 1. The van der Waals surface area contributed by atoms with Crippen LogP contribution in [0.3, 0.4) is 0 Å². The minimum absolute atomic E-state index is 0.595. The molecule has 3 rings (SSSR count).